The first-order valence-corrected chi connectivity index (χ1v) is 7.29. The Hall–Kier alpha value is -2.40. The van der Waals surface area contributed by atoms with E-state index in [1.54, 1.807) is 30.3 Å². The average molecular weight is 359 g/mol. The Balaban J connectivity index is 2.09. The van der Waals surface area contributed by atoms with Gasteiger partial charge in [-0.05, 0) is 40.8 Å². The number of esters is 1. The molecule has 2 aromatic carbocycles. The summed E-state index contributed by atoms with van der Waals surface area (Å²) in [4.78, 5) is 24.1. The minimum Gasteiger partial charge on any atom is -0.507 e. The molecule has 1 aliphatic carbocycles. The lowest BCUT2D eigenvalue weighted by atomic mass is 9.94. The molecule has 0 spiro atoms. The van der Waals surface area contributed by atoms with Crippen LogP contribution in [0.2, 0.25) is 0 Å². The zero-order chi connectivity index (χ0) is 15.9. The van der Waals surface area contributed by atoms with Crippen LogP contribution in [0.5, 0.6) is 5.75 Å². The Bertz CT molecular complexity index is 928. The van der Waals surface area contributed by atoms with Crippen molar-refractivity contribution in [3.05, 3.63) is 62.4 Å². The summed E-state index contributed by atoms with van der Waals surface area (Å²) in [6.45, 7) is 0. The highest BCUT2D eigenvalue weighted by molar-refractivity contribution is 9.10. The molecule has 3 rings (SSSR count). The smallest absolute Gasteiger partial charge is 0.338 e. The van der Waals surface area contributed by atoms with Crippen LogP contribution >= 0.6 is 15.9 Å². The second-order valence-corrected chi connectivity index (χ2v) is 5.67. The lowest BCUT2D eigenvalue weighted by Gasteiger charge is -2.12. The van der Waals surface area contributed by atoms with Gasteiger partial charge in [0.05, 0.1) is 18.2 Å². The summed E-state index contributed by atoms with van der Waals surface area (Å²) in [6.07, 6.45) is 1.64. The number of hydrogen-bond acceptors (Lipinski definition) is 4. The molecule has 5 heteroatoms. The molecule has 22 heavy (non-hydrogen) atoms. The molecular formula is C17H11BrO4. The number of aromatic hydroxyl groups is 1. The highest BCUT2D eigenvalue weighted by Crippen LogP contribution is 2.23. The Kier molecular flexibility index (Phi) is 3.58. The van der Waals surface area contributed by atoms with E-state index in [9.17, 15) is 14.7 Å². The Morgan fingerprint density at radius 3 is 2.55 bits per heavy atom. The number of rotatable bonds is 3. The van der Waals surface area contributed by atoms with Crippen molar-refractivity contribution in [1.29, 1.82) is 0 Å². The standard InChI is InChI=1S/C17H11BrO4/c1-22-17(21)12-6-9-7-13(15(19)8-11(9)12)16(20)10-4-2-3-5-14(10)18/h2-8,19H,1H3. The van der Waals surface area contributed by atoms with E-state index in [-0.39, 0.29) is 17.1 Å². The van der Waals surface area contributed by atoms with Gasteiger partial charge in [-0.25, -0.2) is 4.79 Å². The minimum absolute atomic E-state index is 0.158. The normalized spacial score (nSPS) is 12.0. The van der Waals surface area contributed by atoms with Gasteiger partial charge in [-0.3, -0.25) is 4.79 Å². The van der Waals surface area contributed by atoms with Crippen LogP contribution in [-0.2, 0) is 9.53 Å². The maximum absolute atomic E-state index is 12.5. The molecule has 4 nitrogen and oxygen atoms in total. The molecule has 0 unspecified atom stereocenters. The van der Waals surface area contributed by atoms with Crippen molar-refractivity contribution in [3.8, 4) is 5.75 Å². The van der Waals surface area contributed by atoms with Gasteiger partial charge in [0.25, 0.3) is 0 Å². The Morgan fingerprint density at radius 1 is 1.14 bits per heavy atom. The van der Waals surface area contributed by atoms with E-state index in [1.807, 2.05) is 6.07 Å². The zero-order valence-electron chi connectivity index (χ0n) is 11.6. The number of ketones is 1. The fourth-order valence-corrected chi connectivity index (χ4v) is 2.83. The van der Waals surface area contributed by atoms with Crippen LogP contribution < -0.4 is 10.4 Å². The van der Waals surface area contributed by atoms with Crippen LogP contribution in [0.3, 0.4) is 0 Å². The molecule has 0 aromatic heterocycles. The largest absolute Gasteiger partial charge is 0.507 e. The number of methoxy groups -OCH3 is 1. The number of halogens is 1. The SMILES string of the molecule is COC(=O)C1=c2cc(O)c(C(=O)c3ccccc3Br)cc2=C1. The summed E-state index contributed by atoms with van der Waals surface area (Å²) >= 11 is 3.33. The van der Waals surface area contributed by atoms with Gasteiger partial charge >= 0.3 is 5.97 Å². The molecule has 0 aliphatic heterocycles. The van der Waals surface area contributed by atoms with Gasteiger partial charge in [0, 0.05) is 10.0 Å². The fourth-order valence-electron chi connectivity index (χ4n) is 2.36. The summed E-state index contributed by atoms with van der Waals surface area (Å²) < 4.78 is 5.31. The third kappa shape index (κ3) is 2.23. The Morgan fingerprint density at radius 2 is 1.86 bits per heavy atom. The number of phenolic OH excluding ortho intramolecular Hbond substituents is 1. The predicted octanol–water partition coefficient (Wildman–Crippen LogP) is 1.50. The van der Waals surface area contributed by atoms with Gasteiger partial charge in [-0.15, -0.1) is 0 Å². The van der Waals surface area contributed by atoms with E-state index < -0.39 is 5.97 Å². The van der Waals surface area contributed by atoms with Gasteiger partial charge in [0.2, 0.25) is 0 Å². The number of carbonyl (C=O) groups is 2. The van der Waals surface area contributed by atoms with Crippen LogP contribution in [0.1, 0.15) is 15.9 Å². The van der Waals surface area contributed by atoms with E-state index in [4.69, 9.17) is 0 Å². The summed E-state index contributed by atoms with van der Waals surface area (Å²) in [7, 11) is 1.30. The molecule has 0 fully saturated rings. The predicted molar refractivity (Wildman–Crippen MR) is 84.8 cm³/mol. The molecule has 1 N–H and O–H groups in total. The highest BCUT2D eigenvalue weighted by Gasteiger charge is 2.21. The molecule has 0 saturated carbocycles. The van der Waals surface area contributed by atoms with Crippen molar-refractivity contribution >= 4 is 39.3 Å². The quantitative estimate of drug-likeness (QED) is 0.667. The molecule has 0 saturated heterocycles. The molecule has 0 amide bonds. The number of ether oxygens (including phenoxy) is 1. The summed E-state index contributed by atoms with van der Waals surface area (Å²) in [5.74, 6) is -0.904. The van der Waals surface area contributed by atoms with E-state index in [0.29, 0.717) is 20.8 Å². The molecule has 0 heterocycles. The van der Waals surface area contributed by atoms with E-state index in [2.05, 4.69) is 20.7 Å². The van der Waals surface area contributed by atoms with Crippen molar-refractivity contribution < 1.29 is 19.4 Å². The maximum Gasteiger partial charge on any atom is 0.338 e. The second-order valence-electron chi connectivity index (χ2n) is 4.82. The summed E-state index contributed by atoms with van der Waals surface area (Å²) in [6, 6.07) is 10.0. The number of benzene rings is 2. The van der Waals surface area contributed by atoms with Gasteiger partial charge in [0.15, 0.2) is 5.78 Å². The number of phenols is 1. The molecular weight excluding hydrogens is 348 g/mol. The average Bonchev–Trinajstić information content (AvgIpc) is 2.50. The minimum atomic E-state index is -0.461. The second kappa shape index (κ2) is 5.42. The Labute approximate surface area is 134 Å². The fraction of sp³-hybridized carbons (Fsp3) is 0.0588. The lowest BCUT2D eigenvalue weighted by molar-refractivity contribution is -0.133. The van der Waals surface area contributed by atoms with Crippen molar-refractivity contribution in [3.63, 3.8) is 0 Å². The van der Waals surface area contributed by atoms with Crippen LogP contribution in [0, 0.1) is 0 Å². The van der Waals surface area contributed by atoms with Crippen molar-refractivity contribution in [2.45, 2.75) is 0 Å². The van der Waals surface area contributed by atoms with Crippen molar-refractivity contribution in [2.24, 2.45) is 0 Å². The van der Waals surface area contributed by atoms with E-state index in [1.165, 1.54) is 13.2 Å². The monoisotopic (exact) mass is 358 g/mol. The van der Waals surface area contributed by atoms with Crippen LogP contribution in [-0.4, -0.2) is 24.0 Å². The molecule has 0 radical (unpaired) electrons. The first-order valence-electron chi connectivity index (χ1n) is 6.49. The van der Waals surface area contributed by atoms with Crippen molar-refractivity contribution in [1.82, 2.24) is 0 Å². The summed E-state index contributed by atoms with van der Waals surface area (Å²) in [5, 5.41) is 11.5. The first kappa shape index (κ1) is 14.5. The third-order valence-corrected chi connectivity index (χ3v) is 4.22. The van der Waals surface area contributed by atoms with Gasteiger partial charge in [-0.2, -0.15) is 0 Å². The van der Waals surface area contributed by atoms with Crippen molar-refractivity contribution in [2.75, 3.05) is 7.11 Å². The first-order chi connectivity index (χ1) is 10.5. The molecule has 0 bridgehead atoms. The maximum atomic E-state index is 12.5. The highest BCUT2D eigenvalue weighted by atomic mass is 79.9. The molecule has 1 aliphatic rings. The summed E-state index contributed by atoms with van der Waals surface area (Å²) in [5.41, 5.74) is 1.06. The number of carbonyl (C=O) groups excluding carboxylic acids is 2. The lowest BCUT2D eigenvalue weighted by Crippen LogP contribution is -2.38. The number of hydrogen-bond donors (Lipinski definition) is 1. The number of fused-ring (bicyclic) bond motifs is 1. The molecule has 2 aromatic rings. The topological polar surface area (TPSA) is 63.6 Å². The van der Waals surface area contributed by atoms with E-state index >= 15 is 0 Å². The molecule has 0 atom stereocenters. The van der Waals surface area contributed by atoms with Gasteiger partial charge in [-0.1, -0.05) is 28.1 Å². The van der Waals surface area contributed by atoms with Gasteiger partial charge < -0.3 is 9.84 Å². The third-order valence-electron chi connectivity index (χ3n) is 3.53. The zero-order valence-corrected chi connectivity index (χ0v) is 13.2. The molecule has 110 valence electrons. The van der Waals surface area contributed by atoms with Gasteiger partial charge in [0.1, 0.15) is 5.75 Å². The van der Waals surface area contributed by atoms with Crippen LogP contribution in [0.25, 0.3) is 11.6 Å². The van der Waals surface area contributed by atoms with Crippen LogP contribution in [0.15, 0.2) is 40.9 Å². The van der Waals surface area contributed by atoms with E-state index in [0.717, 1.165) is 5.22 Å². The van der Waals surface area contributed by atoms with Crippen LogP contribution in [0.4, 0.5) is 0 Å².